The number of nitrogens with one attached hydrogen (secondary N) is 1. The Morgan fingerprint density at radius 3 is 2.52 bits per heavy atom. The smallest absolute Gasteiger partial charge is 0.244 e. The molecule has 2 amide bonds. The van der Waals surface area contributed by atoms with Gasteiger partial charge < -0.3 is 15.8 Å². The molecule has 3 N–H and O–H groups in total. The molecule has 23 heavy (non-hydrogen) atoms. The van der Waals surface area contributed by atoms with E-state index in [9.17, 15) is 9.59 Å². The second-order valence-electron chi connectivity index (χ2n) is 5.57. The van der Waals surface area contributed by atoms with Crippen LogP contribution in [-0.4, -0.2) is 18.4 Å². The van der Waals surface area contributed by atoms with Crippen molar-refractivity contribution in [2.24, 2.45) is 11.7 Å². The van der Waals surface area contributed by atoms with Gasteiger partial charge >= 0.3 is 0 Å². The van der Waals surface area contributed by atoms with Gasteiger partial charge in [-0.3, -0.25) is 9.59 Å². The Labute approximate surface area is 134 Å². The zero-order chi connectivity index (χ0) is 16.2. The summed E-state index contributed by atoms with van der Waals surface area (Å²) in [4.78, 5) is 24.2. The summed E-state index contributed by atoms with van der Waals surface area (Å²) in [5, 5.41) is 2.74. The lowest BCUT2D eigenvalue weighted by Crippen LogP contribution is -2.43. The van der Waals surface area contributed by atoms with Crippen molar-refractivity contribution in [2.75, 3.05) is 6.61 Å². The van der Waals surface area contributed by atoms with Crippen LogP contribution in [0, 0.1) is 5.92 Å². The summed E-state index contributed by atoms with van der Waals surface area (Å²) in [7, 11) is 0. The van der Waals surface area contributed by atoms with Crippen molar-refractivity contribution in [1.82, 2.24) is 5.32 Å². The first kappa shape index (κ1) is 15.1. The standard InChI is InChI=1S/C18H18N2O3/c19-17(21)16(12-6-2-1-3-7-12)20-18(22)14-10-13-8-4-5-9-15(13)23-11-14/h1-9,14,16H,10-11H2,(H2,19,21)(H,20,22). The third-order valence-electron chi connectivity index (χ3n) is 3.95. The monoisotopic (exact) mass is 310 g/mol. The van der Waals surface area contributed by atoms with Crippen molar-refractivity contribution >= 4 is 11.8 Å². The maximum absolute atomic E-state index is 12.5. The molecule has 2 aromatic rings. The van der Waals surface area contributed by atoms with Crippen molar-refractivity contribution in [3.05, 3.63) is 65.7 Å². The molecule has 2 aromatic carbocycles. The molecule has 1 aliphatic heterocycles. The number of ether oxygens (including phenoxy) is 1. The number of benzene rings is 2. The number of rotatable bonds is 4. The molecule has 0 aliphatic carbocycles. The van der Waals surface area contributed by atoms with Gasteiger partial charge in [-0.2, -0.15) is 0 Å². The van der Waals surface area contributed by atoms with Crippen LogP contribution in [0.5, 0.6) is 5.75 Å². The highest BCUT2D eigenvalue weighted by Crippen LogP contribution is 2.27. The fraction of sp³-hybridized carbons (Fsp3) is 0.222. The highest BCUT2D eigenvalue weighted by atomic mass is 16.5. The van der Waals surface area contributed by atoms with Crippen LogP contribution in [0.15, 0.2) is 54.6 Å². The van der Waals surface area contributed by atoms with Gasteiger partial charge in [-0.1, -0.05) is 48.5 Å². The Morgan fingerprint density at radius 2 is 1.78 bits per heavy atom. The van der Waals surface area contributed by atoms with E-state index in [1.165, 1.54) is 0 Å². The number of carbonyl (C=O) groups excluding carboxylic acids is 2. The summed E-state index contributed by atoms with van der Waals surface area (Å²) in [5.41, 5.74) is 7.10. The first-order valence-electron chi connectivity index (χ1n) is 7.50. The van der Waals surface area contributed by atoms with E-state index in [4.69, 9.17) is 10.5 Å². The van der Waals surface area contributed by atoms with Gasteiger partial charge in [0.05, 0.1) is 5.92 Å². The summed E-state index contributed by atoms with van der Waals surface area (Å²) in [5.74, 6) is -0.338. The maximum atomic E-state index is 12.5. The molecule has 0 bridgehead atoms. The zero-order valence-electron chi connectivity index (χ0n) is 12.6. The van der Waals surface area contributed by atoms with E-state index < -0.39 is 11.9 Å². The summed E-state index contributed by atoms with van der Waals surface area (Å²) in [6, 6.07) is 15.8. The van der Waals surface area contributed by atoms with E-state index in [1.807, 2.05) is 30.3 Å². The molecule has 1 heterocycles. The lowest BCUT2D eigenvalue weighted by Gasteiger charge is -2.26. The van der Waals surface area contributed by atoms with Crippen LogP contribution in [0.25, 0.3) is 0 Å². The summed E-state index contributed by atoms with van der Waals surface area (Å²) >= 11 is 0. The first-order chi connectivity index (χ1) is 11.1. The van der Waals surface area contributed by atoms with E-state index >= 15 is 0 Å². The maximum Gasteiger partial charge on any atom is 0.244 e. The predicted molar refractivity (Wildman–Crippen MR) is 85.7 cm³/mol. The third kappa shape index (κ3) is 3.34. The quantitative estimate of drug-likeness (QED) is 0.899. The van der Waals surface area contributed by atoms with Crippen molar-refractivity contribution in [2.45, 2.75) is 12.5 Å². The minimum Gasteiger partial charge on any atom is -0.492 e. The number of para-hydroxylation sites is 1. The van der Waals surface area contributed by atoms with Crippen molar-refractivity contribution in [3.8, 4) is 5.75 Å². The fourth-order valence-corrected chi connectivity index (χ4v) is 2.72. The van der Waals surface area contributed by atoms with Crippen molar-refractivity contribution < 1.29 is 14.3 Å². The summed E-state index contributed by atoms with van der Waals surface area (Å²) < 4.78 is 5.63. The van der Waals surface area contributed by atoms with Crippen LogP contribution in [0.4, 0.5) is 0 Å². The molecule has 0 aromatic heterocycles. The van der Waals surface area contributed by atoms with Crippen molar-refractivity contribution in [1.29, 1.82) is 0 Å². The molecule has 0 saturated carbocycles. The van der Waals surface area contributed by atoms with Crippen LogP contribution >= 0.6 is 0 Å². The van der Waals surface area contributed by atoms with Gasteiger partial charge in [0.2, 0.25) is 11.8 Å². The van der Waals surface area contributed by atoms with E-state index in [2.05, 4.69) is 5.32 Å². The largest absolute Gasteiger partial charge is 0.492 e. The third-order valence-corrected chi connectivity index (χ3v) is 3.95. The second kappa shape index (κ2) is 6.52. The summed E-state index contributed by atoms with van der Waals surface area (Å²) in [6.07, 6.45) is 0.586. The molecular formula is C18H18N2O3. The van der Waals surface area contributed by atoms with Gasteiger partial charge in [0, 0.05) is 0 Å². The Morgan fingerprint density at radius 1 is 1.09 bits per heavy atom. The molecule has 2 atom stereocenters. The number of hydrogen-bond acceptors (Lipinski definition) is 3. The Kier molecular flexibility index (Phi) is 4.28. The highest BCUT2D eigenvalue weighted by molar-refractivity contribution is 5.88. The molecule has 2 unspecified atom stereocenters. The van der Waals surface area contributed by atoms with E-state index in [0.29, 0.717) is 18.6 Å². The molecule has 0 radical (unpaired) electrons. The summed E-state index contributed by atoms with van der Waals surface area (Å²) in [6.45, 7) is 0.295. The molecule has 118 valence electrons. The van der Waals surface area contributed by atoms with E-state index in [0.717, 1.165) is 11.3 Å². The van der Waals surface area contributed by atoms with Crippen molar-refractivity contribution in [3.63, 3.8) is 0 Å². The Hall–Kier alpha value is -2.82. The number of nitrogens with two attached hydrogens (primary N) is 1. The van der Waals surface area contributed by atoms with Gasteiger partial charge in [0.15, 0.2) is 0 Å². The topological polar surface area (TPSA) is 81.4 Å². The van der Waals surface area contributed by atoms with Crippen LogP contribution in [0.3, 0.4) is 0 Å². The van der Waals surface area contributed by atoms with E-state index in [1.54, 1.807) is 24.3 Å². The Balaban J connectivity index is 1.72. The number of amides is 2. The number of carbonyl (C=O) groups is 2. The molecule has 0 spiro atoms. The molecule has 3 rings (SSSR count). The highest BCUT2D eigenvalue weighted by Gasteiger charge is 2.29. The number of hydrogen-bond donors (Lipinski definition) is 2. The van der Waals surface area contributed by atoms with Crippen LogP contribution in [-0.2, 0) is 16.0 Å². The lowest BCUT2D eigenvalue weighted by atomic mass is 9.95. The average molecular weight is 310 g/mol. The number of primary amides is 1. The molecule has 0 fully saturated rings. The molecular weight excluding hydrogens is 292 g/mol. The van der Waals surface area contributed by atoms with Gasteiger partial charge in [0.1, 0.15) is 18.4 Å². The molecule has 5 nitrogen and oxygen atoms in total. The lowest BCUT2D eigenvalue weighted by molar-refractivity contribution is -0.131. The van der Waals surface area contributed by atoms with Gasteiger partial charge in [-0.15, -0.1) is 0 Å². The minimum atomic E-state index is -0.833. The predicted octanol–water partition coefficient (Wildman–Crippen LogP) is 1.58. The van der Waals surface area contributed by atoms with Crippen LogP contribution in [0.1, 0.15) is 17.2 Å². The fourth-order valence-electron chi connectivity index (χ4n) is 2.72. The van der Waals surface area contributed by atoms with Crippen LogP contribution < -0.4 is 15.8 Å². The van der Waals surface area contributed by atoms with Crippen LogP contribution in [0.2, 0.25) is 0 Å². The molecule has 5 heteroatoms. The zero-order valence-corrected chi connectivity index (χ0v) is 12.6. The molecule has 0 saturated heterocycles. The first-order valence-corrected chi connectivity index (χ1v) is 7.50. The normalized spacial score (nSPS) is 17.5. The molecule has 1 aliphatic rings. The van der Waals surface area contributed by atoms with Gasteiger partial charge in [0.25, 0.3) is 0 Å². The Bertz CT molecular complexity index is 715. The minimum absolute atomic E-state index is 0.229. The van der Waals surface area contributed by atoms with Gasteiger partial charge in [-0.25, -0.2) is 0 Å². The van der Waals surface area contributed by atoms with Gasteiger partial charge in [-0.05, 0) is 23.6 Å². The van der Waals surface area contributed by atoms with E-state index in [-0.39, 0.29) is 11.8 Å². The second-order valence-corrected chi connectivity index (χ2v) is 5.57. The average Bonchev–Trinajstić information content (AvgIpc) is 2.59. The SMILES string of the molecule is NC(=O)C(NC(=O)C1COc2ccccc2C1)c1ccccc1. The number of fused-ring (bicyclic) bond motifs is 1.